The van der Waals surface area contributed by atoms with E-state index in [0.29, 0.717) is 16.7 Å². The standard InChI is InChI=1S/C17H14O6/c18-11-6-10-5-9-3-8(1-2-14(21)22)4-12(19)15(9)17(23)16(10)13(20)7-11/h3-4,6-7,18-20H,1-2,5H2,(H,21,22). The molecule has 23 heavy (non-hydrogen) atoms. The summed E-state index contributed by atoms with van der Waals surface area (Å²) in [5, 5.41) is 38.4. The Bertz CT molecular complexity index is 837. The first-order valence-corrected chi connectivity index (χ1v) is 7.03. The number of phenols is 3. The van der Waals surface area contributed by atoms with Crippen molar-refractivity contribution in [2.24, 2.45) is 0 Å². The van der Waals surface area contributed by atoms with Gasteiger partial charge in [-0.3, -0.25) is 9.59 Å². The van der Waals surface area contributed by atoms with Gasteiger partial charge < -0.3 is 20.4 Å². The van der Waals surface area contributed by atoms with Crippen LogP contribution >= 0.6 is 0 Å². The molecule has 0 spiro atoms. The number of benzene rings is 2. The van der Waals surface area contributed by atoms with Gasteiger partial charge in [0.15, 0.2) is 0 Å². The van der Waals surface area contributed by atoms with Crippen molar-refractivity contribution >= 4 is 11.8 Å². The number of rotatable bonds is 3. The maximum absolute atomic E-state index is 12.5. The van der Waals surface area contributed by atoms with Gasteiger partial charge in [0.25, 0.3) is 0 Å². The molecule has 6 nitrogen and oxygen atoms in total. The minimum atomic E-state index is -0.946. The number of hydrogen-bond acceptors (Lipinski definition) is 5. The van der Waals surface area contributed by atoms with E-state index in [0.717, 1.165) is 6.07 Å². The highest BCUT2D eigenvalue weighted by atomic mass is 16.4. The summed E-state index contributed by atoms with van der Waals surface area (Å²) in [5.74, 6) is -2.17. The number of aryl methyl sites for hydroxylation is 1. The predicted octanol–water partition coefficient (Wildman–Crippen LogP) is 1.96. The Labute approximate surface area is 131 Å². The van der Waals surface area contributed by atoms with E-state index in [9.17, 15) is 24.9 Å². The largest absolute Gasteiger partial charge is 0.508 e. The van der Waals surface area contributed by atoms with E-state index in [1.54, 1.807) is 6.07 Å². The molecule has 0 fully saturated rings. The summed E-state index contributed by atoms with van der Waals surface area (Å²) in [7, 11) is 0. The number of hydrogen-bond donors (Lipinski definition) is 4. The van der Waals surface area contributed by atoms with Crippen LogP contribution in [0, 0.1) is 0 Å². The third kappa shape index (κ3) is 2.59. The molecule has 4 N–H and O–H groups in total. The lowest BCUT2D eigenvalue weighted by atomic mass is 9.82. The second-order valence-electron chi connectivity index (χ2n) is 5.55. The number of carboxylic acids is 1. The van der Waals surface area contributed by atoms with Crippen molar-refractivity contribution in [2.75, 3.05) is 0 Å². The average molecular weight is 314 g/mol. The van der Waals surface area contributed by atoms with Gasteiger partial charge in [-0.25, -0.2) is 0 Å². The number of carbonyl (C=O) groups excluding carboxylic acids is 1. The number of carbonyl (C=O) groups is 2. The lowest BCUT2D eigenvalue weighted by Gasteiger charge is -2.21. The molecular weight excluding hydrogens is 300 g/mol. The normalized spacial score (nSPS) is 12.6. The third-order valence-electron chi connectivity index (χ3n) is 3.91. The summed E-state index contributed by atoms with van der Waals surface area (Å²) in [6.07, 6.45) is 0.416. The molecule has 0 amide bonds. The zero-order chi connectivity index (χ0) is 16.7. The third-order valence-corrected chi connectivity index (χ3v) is 3.91. The quantitative estimate of drug-likeness (QED) is 0.587. The highest BCUT2D eigenvalue weighted by molar-refractivity contribution is 6.15. The lowest BCUT2D eigenvalue weighted by molar-refractivity contribution is -0.136. The molecule has 0 heterocycles. The second kappa shape index (κ2) is 5.31. The highest BCUT2D eigenvalue weighted by Gasteiger charge is 2.29. The van der Waals surface area contributed by atoms with Crippen molar-refractivity contribution in [2.45, 2.75) is 19.3 Å². The van der Waals surface area contributed by atoms with Crippen LogP contribution in [0.25, 0.3) is 0 Å². The topological polar surface area (TPSA) is 115 Å². The zero-order valence-electron chi connectivity index (χ0n) is 12.0. The maximum atomic E-state index is 12.5. The fraction of sp³-hybridized carbons (Fsp3) is 0.176. The molecule has 3 rings (SSSR count). The Morgan fingerprint density at radius 3 is 2.22 bits per heavy atom. The first-order valence-electron chi connectivity index (χ1n) is 7.03. The minimum Gasteiger partial charge on any atom is -0.508 e. The highest BCUT2D eigenvalue weighted by Crippen LogP contribution is 2.39. The van der Waals surface area contributed by atoms with Gasteiger partial charge in [-0.15, -0.1) is 0 Å². The van der Waals surface area contributed by atoms with Crippen LogP contribution in [-0.2, 0) is 17.6 Å². The number of aromatic hydroxyl groups is 3. The van der Waals surface area contributed by atoms with Gasteiger partial charge in [0.2, 0.25) is 5.78 Å². The second-order valence-corrected chi connectivity index (χ2v) is 5.55. The molecular formula is C17H14O6. The van der Waals surface area contributed by atoms with Gasteiger partial charge >= 0.3 is 5.97 Å². The smallest absolute Gasteiger partial charge is 0.303 e. The molecule has 118 valence electrons. The molecule has 0 bridgehead atoms. The SMILES string of the molecule is O=C(O)CCc1cc(O)c2c(c1)Cc1cc(O)cc(O)c1C2=O. The fourth-order valence-corrected chi connectivity index (χ4v) is 2.95. The Morgan fingerprint density at radius 1 is 0.957 bits per heavy atom. The molecule has 0 radical (unpaired) electrons. The van der Waals surface area contributed by atoms with Crippen molar-refractivity contribution in [3.05, 3.63) is 52.1 Å². The zero-order valence-corrected chi connectivity index (χ0v) is 12.0. The number of ketones is 1. The van der Waals surface area contributed by atoms with Crippen molar-refractivity contribution in [1.82, 2.24) is 0 Å². The summed E-state index contributed by atoms with van der Waals surface area (Å²) >= 11 is 0. The van der Waals surface area contributed by atoms with Crippen LogP contribution in [0.5, 0.6) is 17.2 Å². The maximum Gasteiger partial charge on any atom is 0.303 e. The van der Waals surface area contributed by atoms with E-state index in [2.05, 4.69) is 0 Å². The number of carboxylic acid groups (broad SMARTS) is 1. The number of aliphatic carboxylic acids is 1. The molecule has 0 saturated carbocycles. The lowest BCUT2D eigenvalue weighted by Crippen LogP contribution is -2.16. The molecule has 0 aromatic heterocycles. The van der Waals surface area contributed by atoms with Gasteiger partial charge in [-0.1, -0.05) is 6.07 Å². The van der Waals surface area contributed by atoms with E-state index < -0.39 is 11.8 Å². The van der Waals surface area contributed by atoms with Gasteiger partial charge in [0.1, 0.15) is 17.2 Å². The molecule has 0 saturated heterocycles. The molecule has 2 aromatic carbocycles. The van der Waals surface area contributed by atoms with Crippen molar-refractivity contribution in [3.8, 4) is 17.2 Å². The molecule has 0 aliphatic heterocycles. The molecule has 1 aliphatic carbocycles. The van der Waals surface area contributed by atoms with E-state index in [4.69, 9.17) is 5.11 Å². The predicted molar refractivity (Wildman–Crippen MR) is 80.1 cm³/mol. The summed E-state index contributed by atoms with van der Waals surface area (Å²) in [6, 6.07) is 5.54. The molecule has 6 heteroatoms. The van der Waals surface area contributed by atoms with Gasteiger partial charge in [-0.2, -0.15) is 0 Å². The van der Waals surface area contributed by atoms with Crippen molar-refractivity contribution in [1.29, 1.82) is 0 Å². The Morgan fingerprint density at radius 2 is 1.57 bits per heavy atom. The van der Waals surface area contributed by atoms with Crippen molar-refractivity contribution in [3.63, 3.8) is 0 Å². The van der Waals surface area contributed by atoms with E-state index >= 15 is 0 Å². The van der Waals surface area contributed by atoms with E-state index in [1.165, 1.54) is 12.1 Å². The van der Waals surface area contributed by atoms with Crippen LogP contribution in [0.15, 0.2) is 24.3 Å². The molecule has 2 aromatic rings. The number of fused-ring (bicyclic) bond motifs is 2. The Balaban J connectivity index is 2.07. The Hall–Kier alpha value is -3.02. The van der Waals surface area contributed by atoms with Crippen LogP contribution in [0.2, 0.25) is 0 Å². The first-order chi connectivity index (χ1) is 10.9. The van der Waals surface area contributed by atoms with Gasteiger partial charge in [-0.05, 0) is 41.7 Å². The van der Waals surface area contributed by atoms with E-state index in [-0.39, 0.29) is 47.6 Å². The van der Waals surface area contributed by atoms with Crippen LogP contribution in [-0.4, -0.2) is 32.2 Å². The molecule has 0 atom stereocenters. The average Bonchev–Trinajstić information content (AvgIpc) is 2.43. The van der Waals surface area contributed by atoms with E-state index in [1.807, 2.05) is 0 Å². The first kappa shape index (κ1) is 14.9. The van der Waals surface area contributed by atoms with Crippen LogP contribution in [0.1, 0.15) is 39.0 Å². The minimum absolute atomic E-state index is 0.0730. The van der Waals surface area contributed by atoms with Crippen LogP contribution in [0.4, 0.5) is 0 Å². The summed E-state index contributed by atoms with van der Waals surface area (Å²) in [5.41, 5.74) is 1.81. The summed E-state index contributed by atoms with van der Waals surface area (Å²) in [6.45, 7) is 0. The monoisotopic (exact) mass is 314 g/mol. The summed E-state index contributed by atoms with van der Waals surface area (Å²) in [4.78, 5) is 23.2. The van der Waals surface area contributed by atoms with Gasteiger partial charge in [0, 0.05) is 12.5 Å². The van der Waals surface area contributed by atoms with Crippen LogP contribution < -0.4 is 0 Å². The Kier molecular flexibility index (Phi) is 3.44. The summed E-state index contributed by atoms with van der Waals surface area (Å²) < 4.78 is 0. The van der Waals surface area contributed by atoms with Gasteiger partial charge in [0.05, 0.1) is 11.1 Å². The molecule has 1 aliphatic rings. The number of phenolic OH excluding ortho intramolecular Hbond substituents is 3. The van der Waals surface area contributed by atoms with Crippen LogP contribution in [0.3, 0.4) is 0 Å². The fourth-order valence-electron chi connectivity index (χ4n) is 2.95. The molecule has 0 unspecified atom stereocenters. The van der Waals surface area contributed by atoms with Crippen molar-refractivity contribution < 1.29 is 30.0 Å².